The number of methoxy groups -OCH3 is 6. The molecule has 4 rings (SSSR count). The van der Waals surface area contributed by atoms with Crippen LogP contribution in [0.25, 0.3) is 6.08 Å². The molecule has 0 saturated heterocycles. The lowest BCUT2D eigenvalue weighted by molar-refractivity contribution is 0.275. The monoisotopic (exact) mass is 520 g/mol. The molecule has 0 fully saturated rings. The van der Waals surface area contributed by atoms with E-state index in [9.17, 15) is 5.26 Å². The van der Waals surface area contributed by atoms with Crippen molar-refractivity contribution in [1.29, 1.82) is 5.26 Å². The first-order valence-corrected chi connectivity index (χ1v) is 12.1. The highest BCUT2D eigenvalue weighted by molar-refractivity contribution is 5.71. The molecule has 1 aliphatic heterocycles. The molecule has 38 heavy (non-hydrogen) atoms. The van der Waals surface area contributed by atoms with Crippen molar-refractivity contribution in [1.82, 2.24) is 0 Å². The van der Waals surface area contributed by atoms with Crippen LogP contribution in [0.4, 0.5) is 0 Å². The number of hydrogen-bond donors (Lipinski definition) is 1. The van der Waals surface area contributed by atoms with Gasteiger partial charge in [-0.15, -0.1) is 0 Å². The van der Waals surface area contributed by atoms with Gasteiger partial charge in [0, 0.05) is 11.1 Å². The van der Waals surface area contributed by atoms with E-state index in [0.29, 0.717) is 45.8 Å². The molecule has 1 aliphatic carbocycles. The maximum Gasteiger partial charge on any atom is 0.205 e. The van der Waals surface area contributed by atoms with Crippen LogP contribution in [0.2, 0.25) is 0 Å². The van der Waals surface area contributed by atoms with Crippen LogP contribution in [0, 0.1) is 11.3 Å². The highest BCUT2D eigenvalue weighted by Gasteiger charge is 2.38. The molecule has 0 aromatic heterocycles. The van der Waals surface area contributed by atoms with Gasteiger partial charge in [0.1, 0.15) is 17.4 Å². The van der Waals surface area contributed by atoms with Crippen LogP contribution in [0.3, 0.4) is 0 Å². The fraction of sp³-hybridized carbons (Fsp3) is 0.345. The highest BCUT2D eigenvalue weighted by Crippen LogP contribution is 2.52. The Balaban J connectivity index is 1.92. The van der Waals surface area contributed by atoms with Crippen molar-refractivity contribution in [3.63, 3.8) is 0 Å². The van der Waals surface area contributed by atoms with E-state index in [1.165, 1.54) is 0 Å². The third-order valence-electron chi connectivity index (χ3n) is 6.82. The topological polar surface area (TPSA) is 114 Å². The number of benzene rings is 2. The van der Waals surface area contributed by atoms with E-state index in [0.717, 1.165) is 41.5 Å². The lowest BCUT2D eigenvalue weighted by atomic mass is 9.76. The summed E-state index contributed by atoms with van der Waals surface area (Å²) in [5.41, 5.74) is 10.1. The van der Waals surface area contributed by atoms with E-state index >= 15 is 0 Å². The summed E-state index contributed by atoms with van der Waals surface area (Å²) in [7, 11) is 9.40. The van der Waals surface area contributed by atoms with Gasteiger partial charge in [0.05, 0.1) is 48.6 Å². The van der Waals surface area contributed by atoms with Crippen LogP contribution in [0.1, 0.15) is 36.3 Å². The summed E-state index contributed by atoms with van der Waals surface area (Å²) in [5, 5.41) is 10.1. The Bertz CT molecular complexity index is 1370. The molecule has 9 nitrogen and oxygen atoms in total. The van der Waals surface area contributed by atoms with Crippen molar-refractivity contribution in [2.24, 2.45) is 5.73 Å². The first-order valence-electron chi connectivity index (χ1n) is 12.1. The minimum absolute atomic E-state index is 0.0557. The SMILES string of the molecule is COc1ccc(/C=C2\CCCC3=C2OC(N)=C(C#N)[C@H]3c2ccc(OC)c(OC)c2OC)c(OC)c1OC. The Morgan fingerprint density at radius 3 is 2.00 bits per heavy atom. The first kappa shape index (κ1) is 26.6. The Labute approximate surface area is 222 Å². The lowest BCUT2D eigenvalue weighted by Gasteiger charge is -2.34. The van der Waals surface area contributed by atoms with Crippen LogP contribution >= 0.6 is 0 Å². The lowest BCUT2D eigenvalue weighted by Crippen LogP contribution is -2.24. The van der Waals surface area contributed by atoms with Crippen molar-refractivity contribution >= 4 is 6.08 Å². The van der Waals surface area contributed by atoms with Gasteiger partial charge >= 0.3 is 0 Å². The standard InChI is InChI=1S/C29H32N2O7/c1-32-21-12-10-17(25(34-3)27(21)36-5)14-16-8-7-9-18-23(20(15-30)29(31)38-24(16)18)19-11-13-22(33-2)28(37-6)26(19)35-4/h10-14,23H,7-9,31H2,1-6H3/b16-14+/t23-/m1/s1. The fourth-order valence-electron chi connectivity index (χ4n) is 5.17. The number of nitriles is 1. The zero-order valence-electron chi connectivity index (χ0n) is 22.5. The minimum Gasteiger partial charge on any atom is -0.493 e. The second-order valence-corrected chi connectivity index (χ2v) is 8.65. The molecular formula is C29H32N2O7. The summed E-state index contributed by atoms with van der Waals surface area (Å²) in [6.07, 6.45) is 4.33. The van der Waals surface area contributed by atoms with Crippen LogP contribution in [0.15, 0.2) is 52.6 Å². The van der Waals surface area contributed by atoms with Crippen molar-refractivity contribution in [3.8, 4) is 40.6 Å². The van der Waals surface area contributed by atoms with Gasteiger partial charge in [0.2, 0.25) is 17.4 Å². The molecule has 0 bridgehead atoms. The Morgan fingerprint density at radius 2 is 1.42 bits per heavy atom. The summed E-state index contributed by atoms with van der Waals surface area (Å²) in [4.78, 5) is 0. The second kappa shape index (κ2) is 11.3. The average Bonchev–Trinajstić information content (AvgIpc) is 2.95. The van der Waals surface area contributed by atoms with Crippen LogP contribution in [-0.4, -0.2) is 42.7 Å². The largest absolute Gasteiger partial charge is 0.493 e. The molecule has 2 N–H and O–H groups in total. The predicted molar refractivity (Wildman–Crippen MR) is 142 cm³/mol. The summed E-state index contributed by atoms with van der Waals surface area (Å²) in [5.74, 6) is 3.27. The molecule has 200 valence electrons. The molecule has 1 heterocycles. The smallest absolute Gasteiger partial charge is 0.205 e. The first-order chi connectivity index (χ1) is 18.5. The quantitative estimate of drug-likeness (QED) is 0.510. The second-order valence-electron chi connectivity index (χ2n) is 8.65. The van der Waals surface area contributed by atoms with E-state index in [4.69, 9.17) is 38.9 Å². The van der Waals surface area contributed by atoms with Gasteiger partial charge in [-0.2, -0.15) is 5.26 Å². The Hall–Kier alpha value is -4.45. The van der Waals surface area contributed by atoms with Crippen LogP contribution in [-0.2, 0) is 4.74 Å². The fourth-order valence-corrected chi connectivity index (χ4v) is 5.17. The van der Waals surface area contributed by atoms with E-state index in [2.05, 4.69) is 6.07 Å². The Kier molecular flexibility index (Phi) is 7.91. The zero-order chi connectivity index (χ0) is 27.4. The van der Waals surface area contributed by atoms with E-state index in [1.54, 1.807) is 48.7 Å². The molecule has 0 unspecified atom stereocenters. The van der Waals surface area contributed by atoms with Gasteiger partial charge in [-0.25, -0.2) is 0 Å². The molecular weight excluding hydrogens is 488 g/mol. The number of rotatable bonds is 8. The summed E-state index contributed by atoms with van der Waals surface area (Å²) >= 11 is 0. The molecule has 9 heteroatoms. The van der Waals surface area contributed by atoms with Crippen molar-refractivity contribution < 1.29 is 33.2 Å². The molecule has 1 atom stereocenters. The number of ether oxygens (including phenoxy) is 7. The molecule has 2 aromatic rings. The summed E-state index contributed by atoms with van der Waals surface area (Å²) in [6.45, 7) is 0. The van der Waals surface area contributed by atoms with E-state index in [-0.39, 0.29) is 5.88 Å². The van der Waals surface area contributed by atoms with Crippen LogP contribution < -0.4 is 34.2 Å². The van der Waals surface area contributed by atoms with Gasteiger partial charge in [-0.05, 0) is 54.7 Å². The molecule has 0 radical (unpaired) electrons. The van der Waals surface area contributed by atoms with Gasteiger partial charge in [0.15, 0.2) is 23.0 Å². The number of nitrogens with zero attached hydrogens (tertiary/aromatic N) is 1. The molecule has 2 aliphatic rings. The average molecular weight is 521 g/mol. The van der Waals surface area contributed by atoms with Crippen molar-refractivity contribution in [3.05, 3.63) is 63.8 Å². The van der Waals surface area contributed by atoms with Gasteiger partial charge < -0.3 is 38.9 Å². The van der Waals surface area contributed by atoms with E-state index < -0.39 is 5.92 Å². The summed E-state index contributed by atoms with van der Waals surface area (Å²) < 4.78 is 39.6. The normalized spacial score (nSPS) is 17.8. The van der Waals surface area contributed by atoms with Crippen LogP contribution in [0.5, 0.6) is 34.5 Å². The molecule has 0 amide bonds. The molecule has 0 saturated carbocycles. The Morgan fingerprint density at radius 1 is 0.816 bits per heavy atom. The highest BCUT2D eigenvalue weighted by atomic mass is 16.5. The third kappa shape index (κ3) is 4.43. The number of allylic oxidation sites excluding steroid dienone is 3. The minimum atomic E-state index is -0.477. The van der Waals surface area contributed by atoms with Gasteiger partial charge in [0.25, 0.3) is 0 Å². The predicted octanol–water partition coefficient (Wildman–Crippen LogP) is 5.07. The van der Waals surface area contributed by atoms with Crippen molar-refractivity contribution in [2.45, 2.75) is 25.2 Å². The zero-order valence-corrected chi connectivity index (χ0v) is 22.5. The van der Waals surface area contributed by atoms with Crippen molar-refractivity contribution in [2.75, 3.05) is 42.7 Å². The molecule has 2 aromatic carbocycles. The maximum atomic E-state index is 10.1. The van der Waals surface area contributed by atoms with Gasteiger partial charge in [-0.1, -0.05) is 6.07 Å². The number of hydrogen-bond acceptors (Lipinski definition) is 9. The maximum absolute atomic E-state index is 10.1. The number of nitrogens with two attached hydrogens (primary N) is 1. The molecule has 0 spiro atoms. The summed E-state index contributed by atoms with van der Waals surface area (Å²) in [6, 6.07) is 9.66. The van der Waals surface area contributed by atoms with E-state index in [1.807, 2.05) is 24.3 Å². The van der Waals surface area contributed by atoms with Gasteiger partial charge in [-0.3, -0.25) is 0 Å². The third-order valence-corrected chi connectivity index (χ3v) is 6.82.